The van der Waals surface area contributed by atoms with Gasteiger partial charge in [-0.25, -0.2) is 14.4 Å². The molecule has 0 saturated heterocycles. The summed E-state index contributed by atoms with van der Waals surface area (Å²) < 4.78 is 9.42. The summed E-state index contributed by atoms with van der Waals surface area (Å²) in [6, 6.07) is 8.05. The van der Waals surface area contributed by atoms with Gasteiger partial charge in [0.05, 0.1) is 29.5 Å². The molecule has 1 aliphatic rings. The monoisotopic (exact) mass is 341 g/mol. The number of fused-ring (bicyclic) bond motifs is 1. The van der Waals surface area contributed by atoms with Crippen molar-refractivity contribution in [1.82, 2.24) is 0 Å². The maximum absolute atomic E-state index is 12.4. The average molecular weight is 341 g/mol. The maximum Gasteiger partial charge on any atom is 0.346 e. The van der Waals surface area contributed by atoms with Gasteiger partial charge in [-0.2, -0.15) is 0 Å². The Morgan fingerprint density at radius 3 is 2.44 bits per heavy atom. The lowest BCUT2D eigenvalue weighted by Crippen LogP contribution is -2.15. The Bertz CT molecular complexity index is 933. The highest BCUT2D eigenvalue weighted by Crippen LogP contribution is 2.24. The van der Waals surface area contributed by atoms with Crippen molar-refractivity contribution < 1.29 is 33.8 Å². The molecule has 0 fully saturated rings. The van der Waals surface area contributed by atoms with Crippen molar-refractivity contribution in [2.75, 3.05) is 12.4 Å². The molecule has 0 atom stereocenters. The van der Waals surface area contributed by atoms with E-state index in [9.17, 15) is 24.3 Å². The molecular weight excluding hydrogens is 330 g/mol. The number of esters is 2. The van der Waals surface area contributed by atoms with E-state index in [1.807, 2.05) is 0 Å². The van der Waals surface area contributed by atoms with E-state index in [-0.39, 0.29) is 27.9 Å². The van der Waals surface area contributed by atoms with Crippen molar-refractivity contribution in [3.63, 3.8) is 0 Å². The van der Waals surface area contributed by atoms with E-state index < -0.39 is 23.8 Å². The van der Waals surface area contributed by atoms with E-state index in [1.165, 1.54) is 43.5 Å². The molecule has 3 rings (SSSR count). The predicted molar refractivity (Wildman–Crippen MR) is 84.1 cm³/mol. The van der Waals surface area contributed by atoms with Gasteiger partial charge in [0, 0.05) is 5.56 Å². The molecule has 2 N–H and O–H groups in total. The lowest BCUT2D eigenvalue weighted by Gasteiger charge is -2.10. The van der Waals surface area contributed by atoms with Crippen LogP contribution in [0.3, 0.4) is 0 Å². The molecule has 2 aromatic carbocycles. The van der Waals surface area contributed by atoms with Crippen molar-refractivity contribution in [1.29, 1.82) is 0 Å². The second-order valence-electron chi connectivity index (χ2n) is 5.11. The first kappa shape index (κ1) is 16.2. The van der Waals surface area contributed by atoms with Crippen molar-refractivity contribution in [3.05, 3.63) is 58.7 Å². The van der Waals surface area contributed by atoms with Crippen LogP contribution in [0, 0.1) is 0 Å². The second kappa shape index (κ2) is 6.08. The molecule has 1 aliphatic heterocycles. The molecule has 2 aromatic rings. The number of aromatic carboxylic acids is 1. The molecule has 0 radical (unpaired) electrons. The summed E-state index contributed by atoms with van der Waals surface area (Å²) >= 11 is 0. The Morgan fingerprint density at radius 1 is 1.04 bits per heavy atom. The van der Waals surface area contributed by atoms with Crippen LogP contribution in [-0.2, 0) is 4.74 Å². The molecule has 126 valence electrons. The van der Waals surface area contributed by atoms with Gasteiger partial charge in [0.25, 0.3) is 5.91 Å². The van der Waals surface area contributed by atoms with Crippen molar-refractivity contribution >= 4 is 29.5 Å². The molecule has 1 heterocycles. The number of hydrogen-bond donors (Lipinski definition) is 2. The van der Waals surface area contributed by atoms with Crippen LogP contribution in [0.2, 0.25) is 0 Å². The summed E-state index contributed by atoms with van der Waals surface area (Å²) in [5.41, 5.74) is 0.0708. The Labute approximate surface area is 141 Å². The molecular formula is C17H11NO7. The summed E-state index contributed by atoms with van der Waals surface area (Å²) in [5, 5.41) is 11.7. The van der Waals surface area contributed by atoms with Gasteiger partial charge in [-0.3, -0.25) is 4.79 Å². The van der Waals surface area contributed by atoms with E-state index in [1.54, 1.807) is 0 Å². The highest BCUT2D eigenvalue weighted by molar-refractivity contribution is 6.16. The minimum Gasteiger partial charge on any atom is -0.497 e. The van der Waals surface area contributed by atoms with Crippen LogP contribution in [0.4, 0.5) is 5.69 Å². The van der Waals surface area contributed by atoms with Gasteiger partial charge in [0.2, 0.25) is 0 Å². The molecule has 0 aliphatic carbocycles. The van der Waals surface area contributed by atoms with E-state index >= 15 is 0 Å². The van der Waals surface area contributed by atoms with E-state index in [0.29, 0.717) is 5.75 Å². The number of ether oxygens (including phenoxy) is 2. The van der Waals surface area contributed by atoms with Crippen LogP contribution in [0.5, 0.6) is 5.75 Å². The third-order valence-corrected chi connectivity index (χ3v) is 3.61. The second-order valence-corrected chi connectivity index (χ2v) is 5.11. The molecule has 0 saturated carbocycles. The first-order chi connectivity index (χ1) is 11.9. The van der Waals surface area contributed by atoms with Gasteiger partial charge in [-0.15, -0.1) is 0 Å². The first-order valence-corrected chi connectivity index (χ1v) is 7.04. The van der Waals surface area contributed by atoms with Crippen LogP contribution in [0.1, 0.15) is 41.4 Å². The van der Waals surface area contributed by atoms with Crippen LogP contribution < -0.4 is 10.1 Å². The summed E-state index contributed by atoms with van der Waals surface area (Å²) in [4.78, 5) is 46.7. The number of hydrogen-bond acceptors (Lipinski definition) is 6. The minimum atomic E-state index is -1.24. The standard InChI is InChI=1S/C17H11NO7/c1-24-9-3-5-13(12(7-9)15(20)21)18-14(19)8-2-4-10-11(6-8)17(23)25-16(10)22/h2-7H,1H3,(H,18,19)(H,20,21). The maximum atomic E-state index is 12.4. The zero-order chi connectivity index (χ0) is 18.1. The Hall–Kier alpha value is -3.68. The number of carbonyl (C=O) groups is 4. The van der Waals surface area contributed by atoms with Gasteiger partial charge in [0.1, 0.15) is 5.75 Å². The number of nitrogens with one attached hydrogen (secondary N) is 1. The van der Waals surface area contributed by atoms with Gasteiger partial charge in [0.15, 0.2) is 0 Å². The SMILES string of the molecule is COc1ccc(NC(=O)c2ccc3c(c2)C(=O)OC3=O)c(C(=O)O)c1. The van der Waals surface area contributed by atoms with Crippen molar-refractivity contribution in [2.45, 2.75) is 0 Å². The predicted octanol–water partition coefficient (Wildman–Crippen LogP) is 1.96. The average Bonchev–Trinajstić information content (AvgIpc) is 2.88. The summed E-state index contributed by atoms with van der Waals surface area (Å²) in [7, 11) is 1.39. The van der Waals surface area contributed by atoms with Crippen LogP contribution in [-0.4, -0.2) is 36.0 Å². The molecule has 0 spiro atoms. The molecule has 1 amide bonds. The van der Waals surface area contributed by atoms with Gasteiger partial charge in [-0.1, -0.05) is 0 Å². The fourth-order valence-electron chi connectivity index (χ4n) is 2.36. The largest absolute Gasteiger partial charge is 0.497 e. The van der Waals surface area contributed by atoms with Crippen LogP contribution >= 0.6 is 0 Å². The van der Waals surface area contributed by atoms with E-state index in [2.05, 4.69) is 10.1 Å². The van der Waals surface area contributed by atoms with Crippen LogP contribution in [0.25, 0.3) is 0 Å². The fraction of sp³-hybridized carbons (Fsp3) is 0.0588. The van der Waals surface area contributed by atoms with E-state index in [0.717, 1.165) is 0 Å². The van der Waals surface area contributed by atoms with E-state index in [4.69, 9.17) is 4.74 Å². The molecule has 0 unspecified atom stereocenters. The van der Waals surface area contributed by atoms with Crippen LogP contribution in [0.15, 0.2) is 36.4 Å². The number of carboxylic acid groups (broad SMARTS) is 1. The Morgan fingerprint density at radius 2 is 1.76 bits per heavy atom. The topological polar surface area (TPSA) is 119 Å². The normalized spacial score (nSPS) is 12.4. The molecule has 25 heavy (non-hydrogen) atoms. The molecule has 0 aromatic heterocycles. The van der Waals surface area contributed by atoms with Crippen molar-refractivity contribution in [2.24, 2.45) is 0 Å². The minimum absolute atomic E-state index is 0.00848. The quantitative estimate of drug-likeness (QED) is 0.644. The number of carbonyl (C=O) groups excluding carboxylic acids is 3. The number of benzene rings is 2. The third-order valence-electron chi connectivity index (χ3n) is 3.61. The number of cyclic esters (lactones) is 2. The lowest BCUT2D eigenvalue weighted by atomic mass is 10.0. The Balaban J connectivity index is 1.91. The van der Waals surface area contributed by atoms with Gasteiger partial charge >= 0.3 is 17.9 Å². The number of anilines is 1. The summed E-state index contributed by atoms with van der Waals surface area (Å²) in [6.07, 6.45) is 0. The Kier molecular flexibility index (Phi) is 3.94. The smallest absolute Gasteiger partial charge is 0.346 e. The lowest BCUT2D eigenvalue weighted by molar-refractivity contribution is 0.0443. The number of carboxylic acids is 1. The van der Waals surface area contributed by atoms with Gasteiger partial charge in [-0.05, 0) is 36.4 Å². The summed E-state index contributed by atoms with van der Waals surface area (Å²) in [5.74, 6) is -3.14. The third kappa shape index (κ3) is 2.92. The highest BCUT2D eigenvalue weighted by atomic mass is 16.6. The first-order valence-electron chi connectivity index (χ1n) is 7.04. The number of rotatable bonds is 4. The number of amides is 1. The fourth-order valence-corrected chi connectivity index (χ4v) is 2.36. The molecule has 8 nitrogen and oxygen atoms in total. The zero-order valence-corrected chi connectivity index (χ0v) is 12.9. The number of methoxy groups -OCH3 is 1. The molecule has 0 bridgehead atoms. The highest BCUT2D eigenvalue weighted by Gasteiger charge is 2.30. The van der Waals surface area contributed by atoms with Crippen molar-refractivity contribution in [3.8, 4) is 5.75 Å². The molecule has 8 heteroatoms. The zero-order valence-electron chi connectivity index (χ0n) is 12.9. The van der Waals surface area contributed by atoms with Gasteiger partial charge < -0.3 is 19.9 Å². The summed E-state index contributed by atoms with van der Waals surface area (Å²) in [6.45, 7) is 0.